The number of hydrogen-bond acceptors (Lipinski definition) is 3. The molecule has 0 fully saturated rings. The minimum Gasteiger partial charge on any atom is -0.497 e. The summed E-state index contributed by atoms with van der Waals surface area (Å²) in [4.78, 5) is 0. The van der Waals surface area contributed by atoms with Crippen LogP contribution >= 0.6 is 0 Å². The molecule has 1 aromatic rings. The molecule has 0 aromatic heterocycles. The molecular formula is C11H14N2O. The molecule has 0 saturated carbocycles. The Kier molecular flexibility index (Phi) is 4.53. The predicted octanol–water partition coefficient (Wildman–Crippen LogP) is 1.35. The summed E-state index contributed by atoms with van der Waals surface area (Å²) in [6, 6.07) is 9.99. The molecular weight excluding hydrogens is 176 g/mol. The molecule has 0 spiro atoms. The van der Waals surface area contributed by atoms with Gasteiger partial charge in [-0.05, 0) is 24.1 Å². The SMILES string of the molecule is COc1cccc(CCNCC#N)c1. The zero-order chi connectivity index (χ0) is 10.2. The van der Waals surface area contributed by atoms with E-state index in [4.69, 9.17) is 10.00 Å². The molecule has 74 valence electrons. The maximum Gasteiger partial charge on any atom is 0.119 e. The first-order chi connectivity index (χ1) is 6.86. The molecule has 0 aliphatic rings. The van der Waals surface area contributed by atoms with Crippen molar-refractivity contribution in [3.63, 3.8) is 0 Å². The average Bonchev–Trinajstić information content (AvgIpc) is 2.25. The normalized spacial score (nSPS) is 9.43. The van der Waals surface area contributed by atoms with Gasteiger partial charge in [0.1, 0.15) is 5.75 Å². The summed E-state index contributed by atoms with van der Waals surface area (Å²) in [6.07, 6.45) is 0.916. The van der Waals surface area contributed by atoms with E-state index in [1.54, 1.807) is 7.11 Å². The number of nitrogens with one attached hydrogen (secondary N) is 1. The van der Waals surface area contributed by atoms with Gasteiger partial charge in [0.05, 0.1) is 19.7 Å². The second-order valence-corrected chi connectivity index (χ2v) is 2.94. The number of nitriles is 1. The lowest BCUT2D eigenvalue weighted by molar-refractivity contribution is 0.414. The third-order valence-electron chi connectivity index (χ3n) is 1.93. The molecule has 3 heteroatoms. The lowest BCUT2D eigenvalue weighted by Crippen LogP contribution is -2.17. The summed E-state index contributed by atoms with van der Waals surface area (Å²) in [5.41, 5.74) is 1.22. The van der Waals surface area contributed by atoms with E-state index >= 15 is 0 Å². The zero-order valence-electron chi connectivity index (χ0n) is 8.29. The van der Waals surface area contributed by atoms with E-state index in [0.29, 0.717) is 6.54 Å². The van der Waals surface area contributed by atoms with E-state index in [1.165, 1.54) is 5.56 Å². The number of ether oxygens (including phenoxy) is 1. The first kappa shape index (κ1) is 10.6. The van der Waals surface area contributed by atoms with Crippen molar-refractivity contribution in [1.29, 1.82) is 5.26 Å². The maximum absolute atomic E-state index is 8.31. The van der Waals surface area contributed by atoms with Crippen LogP contribution in [0.15, 0.2) is 24.3 Å². The lowest BCUT2D eigenvalue weighted by atomic mass is 10.1. The molecule has 14 heavy (non-hydrogen) atoms. The molecule has 0 radical (unpaired) electrons. The molecule has 1 rings (SSSR count). The van der Waals surface area contributed by atoms with Gasteiger partial charge >= 0.3 is 0 Å². The van der Waals surface area contributed by atoms with Gasteiger partial charge in [-0.1, -0.05) is 12.1 Å². The fraction of sp³-hybridized carbons (Fsp3) is 0.364. The number of methoxy groups -OCH3 is 1. The van der Waals surface area contributed by atoms with Crippen molar-refractivity contribution in [3.05, 3.63) is 29.8 Å². The molecule has 0 heterocycles. The average molecular weight is 190 g/mol. The van der Waals surface area contributed by atoms with Crippen LogP contribution in [0.2, 0.25) is 0 Å². The van der Waals surface area contributed by atoms with Gasteiger partial charge in [0, 0.05) is 6.54 Å². The van der Waals surface area contributed by atoms with Crippen molar-refractivity contribution in [2.75, 3.05) is 20.2 Å². The van der Waals surface area contributed by atoms with Gasteiger partial charge in [-0.3, -0.25) is 0 Å². The Bertz CT molecular complexity index is 317. The largest absolute Gasteiger partial charge is 0.497 e. The summed E-state index contributed by atoms with van der Waals surface area (Å²) in [5.74, 6) is 0.878. The van der Waals surface area contributed by atoms with E-state index in [9.17, 15) is 0 Å². The van der Waals surface area contributed by atoms with Gasteiger partial charge in [0.15, 0.2) is 0 Å². The molecule has 0 aliphatic heterocycles. The summed E-state index contributed by atoms with van der Waals surface area (Å²) >= 11 is 0. The van der Waals surface area contributed by atoms with Crippen LogP contribution in [0, 0.1) is 11.3 Å². The summed E-state index contributed by atoms with van der Waals surface area (Å²) < 4.78 is 5.11. The number of hydrogen-bond donors (Lipinski definition) is 1. The van der Waals surface area contributed by atoms with Gasteiger partial charge in [-0.2, -0.15) is 5.26 Å². The Balaban J connectivity index is 2.39. The van der Waals surface area contributed by atoms with Gasteiger partial charge in [0.2, 0.25) is 0 Å². The van der Waals surface area contributed by atoms with Crippen LogP contribution in [0.3, 0.4) is 0 Å². The Labute approximate surface area is 84.3 Å². The topological polar surface area (TPSA) is 45.0 Å². The molecule has 0 atom stereocenters. The highest BCUT2D eigenvalue weighted by Crippen LogP contribution is 2.12. The van der Waals surface area contributed by atoms with Crippen molar-refractivity contribution in [1.82, 2.24) is 5.32 Å². The minimum absolute atomic E-state index is 0.407. The quantitative estimate of drug-likeness (QED) is 0.563. The molecule has 0 unspecified atom stereocenters. The standard InChI is InChI=1S/C11H14N2O/c1-14-11-4-2-3-10(9-11)5-7-13-8-6-12/h2-4,9,13H,5,7-8H2,1H3. The highest BCUT2D eigenvalue weighted by Gasteiger charge is 1.95. The molecule has 0 saturated heterocycles. The summed E-state index contributed by atoms with van der Waals surface area (Å²) in [5, 5.41) is 11.3. The second-order valence-electron chi connectivity index (χ2n) is 2.94. The van der Waals surface area contributed by atoms with Crippen molar-refractivity contribution in [2.45, 2.75) is 6.42 Å². The van der Waals surface area contributed by atoms with E-state index < -0.39 is 0 Å². The number of rotatable bonds is 5. The molecule has 1 N–H and O–H groups in total. The van der Waals surface area contributed by atoms with Crippen LogP contribution in [0.4, 0.5) is 0 Å². The molecule has 3 nitrogen and oxygen atoms in total. The van der Waals surface area contributed by atoms with Gasteiger partial charge in [-0.25, -0.2) is 0 Å². The maximum atomic E-state index is 8.31. The minimum atomic E-state index is 0.407. The Morgan fingerprint density at radius 1 is 1.50 bits per heavy atom. The molecule has 0 bridgehead atoms. The van der Waals surface area contributed by atoms with Gasteiger partial charge in [-0.15, -0.1) is 0 Å². The fourth-order valence-electron chi connectivity index (χ4n) is 1.20. The Morgan fingerprint density at radius 3 is 3.07 bits per heavy atom. The van der Waals surface area contributed by atoms with Gasteiger partial charge < -0.3 is 10.1 Å². The highest BCUT2D eigenvalue weighted by molar-refractivity contribution is 5.28. The molecule has 0 aliphatic carbocycles. The van der Waals surface area contributed by atoms with Crippen LogP contribution in [0.25, 0.3) is 0 Å². The first-order valence-corrected chi connectivity index (χ1v) is 4.57. The second kappa shape index (κ2) is 6.01. The highest BCUT2D eigenvalue weighted by atomic mass is 16.5. The van der Waals surface area contributed by atoms with E-state index in [2.05, 4.69) is 11.4 Å². The third kappa shape index (κ3) is 3.46. The number of benzene rings is 1. The summed E-state index contributed by atoms with van der Waals surface area (Å²) in [6.45, 7) is 1.23. The van der Waals surface area contributed by atoms with Crippen LogP contribution < -0.4 is 10.1 Å². The van der Waals surface area contributed by atoms with E-state index in [0.717, 1.165) is 18.7 Å². The van der Waals surface area contributed by atoms with Gasteiger partial charge in [0.25, 0.3) is 0 Å². The fourth-order valence-corrected chi connectivity index (χ4v) is 1.20. The number of nitrogens with zero attached hydrogens (tertiary/aromatic N) is 1. The smallest absolute Gasteiger partial charge is 0.119 e. The van der Waals surface area contributed by atoms with E-state index in [-0.39, 0.29) is 0 Å². The lowest BCUT2D eigenvalue weighted by Gasteiger charge is -2.04. The molecule has 0 amide bonds. The van der Waals surface area contributed by atoms with Crippen molar-refractivity contribution < 1.29 is 4.74 Å². The zero-order valence-corrected chi connectivity index (χ0v) is 8.29. The Hall–Kier alpha value is -1.53. The van der Waals surface area contributed by atoms with Crippen molar-refractivity contribution >= 4 is 0 Å². The van der Waals surface area contributed by atoms with Crippen LogP contribution in [0.1, 0.15) is 5.56 Å². The predicted molar refractivity (Wildman–Crippen MR) is 55.2 cm³/mol. The Morgan fingerprint density at radius 2 is 2.36 bits per heavy atom. The van der Waals surface area contributed by atoms with Crippen molar-refractivity contribution in [3.8, 4) is 11.8 Å². The monoisotopic (exact) mass is 190 g/mol. The first-order valence-electron chi connectivity index (χ1n) is 4.57. The van der Waals surface area contributed by atoms with E-state index in [1.807, 2.05) is 24.3 Å². The van der Waals surface area contributed by atoms with Crippen LogP contribution in [-0.4, -0.2) is 20.2 Å². The molecule has 1 aromatic carbocycles. The van der Waals surface area contributed by atoms with Crippen molar-refractivity contribution in [2.24, 2.45) is 0 Å². The van der Waals surface area contributed by atoms with Crippen LogP contribution in [-0.2, 0) is 6.42 Å². The summed E-state index contributed by atoms with van der Waals surface area (Å²) in [7, 11) is 1.66. The van der Waals surface area contributed by atoms with Crippen LogP contribution in [0.5, 0.6) is 5.75 Å². The third-order valence-corrected chi connectivity index (χ3v) is 1.93.